The minimum Gasteiger partial charge on any atom is -0.495 e. The number of methoxy groups -OCH3 is 1. The van der Waals surface area contributed by atoms with Crippen LogP contribution >= 0.6 is 11.6 Å². The van der Waals surface area contributed by atoms with E-state index in [-0.39, 0.29) is 6.03 Å². The zero-order valence-corrected chi connectivity index (χ0v) is 16.2. The summed E-state index contributed by atoms with van der Waals surface area (Å²) in [6.45, 7) is 4.37. The summed E-state index contributed by atoms with van der Waals surface area (Å²) in [7, 11) is 1.57. The van der Waals surface area contributed by atoms with E-state index in [2.05, 4.69) is 41.2 Å². The van der Waals surface area contributed by atoms with Gasteiger partial charge in [-0.3, -0.25) is 0 Å². The first-order chi connectivity index (χ1) is 13.1. The van der Waals surface area contributed by atoms with Gasteiger partial charge >= 0.3 is 6.03 Å². The molecular weight excluding hydrogens is 362 g/mol. The van der Waals surface area contributed by atoms with Crippen LogP contribution in [0.4, 0.5) is 10.5 Å². The van der Waals surface area contributed by atoms with Crippen LogP contribution in [0.1, 0.15) is 18.1 Å². The molecule has 27 heavy (non-hydrogen) atoms. The summed E-state index contributed by atoms with van der Waals surface area (Å²) in [4.78, 5) is 14.7. The van der Waals surface area contributed by atoms with Gasteiger partial charge in [0.1, 0.15) is 5.75 Å². The molecule has 0 bridgehead atoms. The Kier molecular flexibility index (Phi) is 4.70. The van der Waals surface area contributed by atoms with E-state index in [1.54, 1.807) is 25.3 Å². The van der Waals surface area contributed by atoms with Crippen LogP contribution in [0.25, 0.3) is 10.9 Å². The smallest absolute Gasteiger partial charge is 0.322 e. The predicted octanol–water partition coefficient (Wildman–Crippen LogP) is 4.91. The first-order valence-electron chi connectivity index (χ1n) is 9.09. The van der Waals surface area contributed by atoms with Crippen molar-refractivity contribution < 1.29 is 9.53 Å². The van der Waals surface area contributed by atoms with E-state index in [1.807, 2.05) is 4.90 Å². The number of aryl methyl sites for hydroxylation is 1. The number of amides is 2. The van der Waals surface area contributed by atoms with Crippen LogP contribution in [0.15, 0.2) is 42.6 Å². The summed E-state index contributed by atoms with van der Waals surface area (Å²) >= 11 is 6.16. The van der Waals surface area contributed by atoms with Gasteiger partial charge in [0.2, 0.25) is 0 Å². The average molecular weight is 384 g/mol. The van der Waals surface area contributed by atoms with Gasteiger partial charge in [0, 0.05) is 42.4 Å². The molecule has 6 heteroatoms. The second-order valence-electron chi connectivity index (χ2n) is 6.70. The SMILES string of the molecule is CCn1cc2c3c(cccc31)CN(C(=O)Nc1ccc(OC)c(Cl)c1)CC2. The first kappa shape index (κ1) is 17.7. The number of nitrogens with zero attached hydrogens (tertiary/aromatic N) is 2. The topological polar surface area (TPSA) is 46.5 Å². The molecule has 140 valence electrons. The number of nitrogens with one attached hydrogen (secondary N) is 1. The highest BCUT2D eigenvalue weighted by Gasteiger charge is 2.22. The molecule has 1 N–H and O–H groups in total. The third-order valence-electron chi connectivity index (χ3n) is 5.11. The lowest BCUT2D eigenvalue weighted by atomic mass is 10.1. The zero-order valence-electron chi connectivity index (χ0n) is 15.5. The number of aromatic nitrogens is 1. The largest absolute Gasteiger partial charge is 0.495 e. The summed E-state index contributed by atoms with van der Waals surface area (Å²) in [5.41, 5.74) is 4.40. The monoisotopic (exact) mass is 383 g/mol. The summed E-state index contributed by atoms with van der Waals surface area (Å²) in [5.74, 6) is 0.586. The van der Waals surface area contributed by atoms with E-state index in [9.17, 15) is 4.79 Å². The number of benzene rings is 2. The Labute approximate surface area is 163 Å². The number of hydrogen-bond acceptors (Lipinski definition) is 2. The fourth-order valence-corrected chi connectivity index (χ4v) is 4.02. The average Bonchev–Trinajstić information content (AvgIpc) is 2.92. The maximum Gasteiger partial charge on any atom is 0.322 e. The number of rotatable bonds is 3. The molecular formula is C21H22ClN3O2. The number of hydrogen-bond donors (Lipinski definition) is 1. The standard InChI is InChI=1S/C21H22ClN3O2/c1-3-24-12-15-9-10-25(13-14-5-4-6-18(24)20(14)15)21(26)23-16-7-8-19(27-2)17(22)11-16/h4-8,11-12H,3,9-10,13H2,1-2H3,(H,23,26). The highest BCUT2D eigenvalue weighted by molar-refractivity contribution is 6.32. The van der Waals surface area contributed by atoms with Gasteiger partial charge in [0.05, 0.1) is 12.1 Å². The number of carbonyl (C=O) groups excluding carboxylic acids is 1. The van der Waals surface area contributed by atoms with E-state index in [1.165, 1.54) is 22.0 Å². The van der Waals surface area contributed by atoms with Gasteiger partial charge in [0.25, 0.3) is 0 Å². The van der Waals surface area contributed by atoms with Gasteiger partial charge in [-0.25, -0.2) is 4.79 Å². The van der Waals surface area contributed by atoms with Gasteiger partial charge in [-0.05, 0) is 48.7 Å². The Balaban J connectivity index is 1.57. The summed E-state index contributed by atoms with van der Waals surface area (Å²) < 4.78 is 7.44. The van der Waals surface area contributed by atoms with Crippen molar-refractivity contribution >= 4 is 34.2 Å². The molecule has 4 rings (SSSR count). The van der Waals surface area contributed by atoms with Crippen molar-refractivity contribution in [2.24, 2.45) is 0 Å². The van der Waals surface area contributed by atoms with Crippen LogP contribution in [0.2, 0.25) is 5.02 Å². The van der Waals surface area contributed by atoms with Crippen molar-refractivity contribution in [2.45, 2.75) is 26.4 Å². The molecule has 5 nitrogen and oxygen atoms in total. The lowest BCUT2D eigenvalue weighted by Crippen LogP contribution is -2.35. The minimum absolute atomic E-state index is 0.123. The third kappa shape index (κ3) is 3.23. The summed E-state index contributed by atoms with van der Waals surface area (Å²) in [6, 6.07) is 11.5. The zero-order chi connectivity index (χ0) is 19.0. The number of anilines is 1. The van der Waals surface area contributed by atoms with Crippen LogP contribution in [-0.4, -0.2) is 29.2 Å². The Morgan fingerprint density at radius 2 is 2.11 bits per heavy atom. The van der Waals surface area contributed by atoms with Crippen LogP contribution in [0, 0.1) is 0 Å². The molecule has 0 atom stereocenters. The molecule has 1 aliphatic heterocycles. The first-order valence-corrected chi connectivity index (χ1v) is 9.47. The molecule has 0 saturated heterocycles. The molecule has 2 aromatic carbocycles. The van der Waals surface area contributed by atoms with E-state index in [0.717, 1.165) is 13.0 Å². The second-order valence-corrected chi connectivity index (χ2v) is 7.11. The van der Waals surface area contributed by atoms with Gasteiger partial charge in [-0.2, -0.15) is 0 Å². The van der Waals surface area contributed by atoms with E-state index >= 15 is 0 Å². The Bertz CT molecular complexity index is 1010. The quantitative estimate of drug-likeness (QED) is 0.698. The van der Waals surface area contributed by atoms with Crippen molar-refractivity contribution in [3.05, 3.63) is 58.7 Å². The predicted molar refractivity (Wildman–Crippen MR) is 109 cm³/mol. The molecule has 0 spiro atoms. The van der Waals surface area contributed by atoms with Crippen LogP contribution in [0.3, 0.4) is 0 Å². The molecule has 2 amide bonds. The fraction of sp³-hybridized carbons (Fsp3) is 0.286. The third-order valence-corrected chi connectivity index (χ3v) is 5.41. The van der Waals surface area contributed by atoms with Crippen molar-refractivity contribution in [2.75, 3.05) is 19.0 Å². The molecule has 0 aliphatic carbocycles. The molecule has 1 aromatic heterocycles. The van der Waals surface area contributed by atoms with Gasteiger partial charge in [-0.15, -0.1) is 0 Å². The maximum absolute atomic E-state index is 12.8. The molecule has 0 fully saturated rings. The normalized spacial score (nSPS) is 13.5. The summed E-state index contributed by atoms with van der Waals surface area (Å²) in [6.07, 6.45) is 3.07. The highest BCUT2D eigenvalue weighted by Crippen LogP contribution is 2.30. The summed E-state index contributed by atoms with van der Waals surface area (Å²) in [5, 5.41) is 4.71. The number of carbonyl (C=O) groups is 1. The van der Waals surface area contributed by atoms with Gasteiger partial charge < -0.3 is 19.5 Å². The van der Waals surface area contributed by atoms with Crippen molar-refractivity contribution in [3.63, 3.8) is 0 Å². The lowest BCUT2D eigenvalue weighted by molar-refractivity contribution is 0.210. The Morgan fingerprint density at radius 3 is 2.85 bits per heavy atom. The second kappa shape index (κ2) is 7.16. The van der Waals surface area contributed by atoms with Crippen molar-refractivity contribution in [1.29, 1.82) is 0 Å². The van der Waals surface area contributed by atoms with Gasteiger partial charge in [-0.1, -0.05) is 23.7 Å². The number of ether oxygens (including phenoxy) is 1. The molecule has 0 saturated carbocycles. The van der Waals surface area contributed by atoms with Crippen LogP contribution in [-0.2, 0) is 19.5 Å². The number of halogens is 1. The van der Waals surface area contributed by atoms with Crippen LogP contribution in [0.5, 0.6) is 5.75 Å². The van der Waals surface area contributed by atoms with E-state index < -0.39 is 0 Å². The molecule has 0 radical (unpaired) electrons. The Morgan fingerprint density at radius 1 is 1.26 bits per heavy atom. The molecule has 2 heterocycles. The minimum atomic E-state index is -0.123. The highest BCUT2D eigenvalue weighted by atomic mass is 35.5. The van der Waals surface area contributed by atoms with Crippen molar-refractivity contribution in [1.82, 2.24) is 9.47 Å². The maximum atomic E-state index is 12.8. The molecule has 1 aliphatic rings. The van der Waals surface area contributed by atoms with Crippen molar-refractivity contribution in [3.8, 4) is 5.75 Å². The fourth-order valence-electron chi connectivity index (χ4n) is 3.76. The van der Waals surface area contributed by atoms with E-state index in [0.29, 0.717) is 29.5 Å². The number of urea groups is 1. The Hall–Kier alpha value is -2.66. The van der Waals surface area contributed by atoms with Gasteiger partial charge in [0.15, 0.2) is 0 Å². The lowest BCUT2D eigenvalue weighted by Gasteiger charge is -2.22. The van der Waals surface area contributed by atoms with Crippen LogP contribution < -0.4 is 10.1 Å². The molecule has 0 unspecified atom stereocenters. The molecule has 3 aromatic rings. The van der Waals surface area contributed by atoms with E-state index in [4.69, 9.17) is 16.3 Å².